The van der Waals surface area contributed by atoms with Gasteiger partial charge in [0, 0.05) is 10.9 Å². The normalized spacial score (nSPS) is 12.1. The van der Waals surface area contributed by atoms with Gasteiger partial charge in [-0.2, -0.15) is 0 Å². The van der Waals surface area contributed by atoms with Gasteiger partial charge in [0.2, 0.25) is 0 Å². The van der Waals surface area contributed by atoms with Gasteiger partial charge in [0.05, 0.1) is 17.7 Å². The highest BCUT2D eigenvalue weighted by atomic mass is 16.5. The Morgan fingerprint density at radius 3 is 2.54 bits per heavy atom. The highest BCUT2D eigenvalue weighted by molar-refractivity contribution is 5.98. The number of ether oxygens (including phenoxy) is 1. The first-order valence-electron chi connectivity index (χ1n) is 9.05. The minimum atomic E-state index is -0.293. The molecular weight excluding hydrogens is 324 g/mol. The molecule has 4 heteroatoms. The van der Waals surface area contributed by atoms with Crippen LogP contribution in [0.2, 0.25) is 0 Å². The molecule has 0 saturated carbocycles. The fourth-order valence-corrected chi connectivity index (χ4v) is 3.24. The zero-order valence-electron chi connectivity index (χ0n) is 15.5. The molecule has 0 aliphatic rings. The summed E-state index contributed by atoms with van der Waals surface area (Å²) in [5, 5.41) is 3.20. The lowest BCUT2D eigenvalue weighted by molar-refractivity contribution is -0.708. The van der Waals surface area contributed by atoms with Crippen LogP contribution in [0.25, 0.3) is 10.9 Å². The zero-order valence-corrected chi connectivity index (χ0v) is 15.5. The first-order chi connectivity index (χ1) is 12.6. The van der Waals surface area contributed by atoms with Crippen LogP contribution in [0.4, 0.5) is 0 Å². The molecule has 0 aliphatic carbocycles. The fourth-order valence-electron chi connectivity index (χ4n) is 3.24. The Labute approximate surface area is 154 Å². The number of rotatable bonds is 6. The van der Waals surface area contributed by atoms with Crippen LogP contribution in [0.1, 0.15) is 47.1 Å². The maximum Gasteiger partial charge on any atom is 0.340 e. The van der Waals surface area contributed by atoms with E-state index in [2.05, 4.69) is 24.4 Å². The summed E-state index contributed by atoms with van der Waals surface area (Å²) in [6.45, 7) is 6.93. The minimum Gasteiger partial charge on any atom is -0.462 e. The molecule has 26 heavy (non-hydrogen) atoms. The molecule has 3 aromatic rings. The predicted molar refractivity (Wildman–Crippen MR) is 103 cm³/mol. The lowest BCUT2D eigenvalue weighted by Gasteiger charge is -2.15. The van der Waals surface area contributed by atoms with Crippen LogP contribution in [-0.2, 0) is 11.3 Å². The first-order valence-corrected chi connectivity index (χ1v) is 9.05. The number of hydrogen-bond acceptors (Lipinski definition) is 3. The average Bonchev–Trinajstić information content (AvgIpc) is 2.67. The topological polar surface area (TPSA) is 55.8 Å². The zero-order chi connectivity index (χ0) is 18.5. The van der Waals surface area contributed by atoms with Crippen LogP contribution in [0, 0.1) is 6.92 Å². The Bertz CT molecular complexity index is 907. The quantitative estimate of drug-likeness (QED) is 0.693. The van der Waals surface area contributed by atoms with Crippen molar-refractivity contribution in [3.05, 3.63) is 77.0 Å². The second kappa shape index (κ2) is 8.11. The van der Waals surface area contributed by atoms with E-state index in [-0.39, 0.29) is 12.0 Å². The summed E-state index contributed by atoms with van der Waals surface area (Å²) in [6.07, 6.45) is 0. The number of fused-ring (bicyclic) bond motifs is 1. The number of nitrogens with two attached hydrogens (primary N) is 1. The summed E-state index contributed by atoms with van der Waals surface area (Å²) in [7, 11) is 0. The smallest absolute Gasteiger partial charge is 0.340 e. The van der Waals surface area contributed by atoms with Crippen molar-refractivity contribution in [1.82, 2.24) is 4.98 Å². The molecule has 0 fully saturated rings. The Balaban J connectivity index is 1.95. The van der Waals surface area contributed by atoms with Crippen LogP contribution in [0.5, 0.6) is 0 Å². The van der Waals surface area contributed by atoms with Crippen molar-refractivity contribution in [3.63, 3.8) is 0 Å². The van der Waals surface area contributed by atoms with E-state index >= 15 is 0 Å². The Morgan fingerprint density at radius 2 is 1.81 bits per heavy atom. The maximum absolute atomic E-state index is 12.6. The van der Waals surface area contributed by atoms with Crippen LogP contribution < -0.4 is 5.32 Å². The molecule has 0 bridgehead atoms. The maximum atomic E-state index is 12.6. The van der Waals surface area contributed by atoms with E-state index in [1.54, 1.807) is 0 Å². The molecule has 2 N–H and O–H groups in total. The number of aryl methyl sites for hydroxylation is 1. The van der Waals surface area contributed by atoms with Gasteiger partial charge in [-0.15, -0.1) is 0 Å². The molecule has 0 spiro atoms. The van der Waals surface area contributed by atoms with Crippen molar-refractivity contribution in [1.29, 1.82) is 0 Å². The van der Waals surface area contributed by atoms with Crippen molar-refractivity contribution < 1.29 is 14.8 Å². The van der Waals surface area contributed by atoms with E-state index in [1.807, 2.05) is 56.3 Å². The predicted octanol–water partition coefficient (Wildman–Crippen LogP) is 3.54. The summed E-state index contributed by atoms with van der Waals surface area (Å²) >= 11 is 0. The van der Waals surface area contributed by atoms with Gasteiger partial charge in [0.15, 0.2) is 0 Å². The van der Waals surface area contributed by atoms with Gasteiger partial charge >= 0.3 is 5.97 Å². The fraction of sp³-hybridized carbons (Fsp3) is 0.273. The summed E-state index contributed by atoms with van der Waals surface area (Å²) in [5.41, 5.74) is 4.48. The van der Waals surface area contributed by atoms with Gasteiger partial charge in [-0.3, -0.25) is 0 Å². The highest BCUT2D eigenvalue weighted by Crippen LogP contribution is 2.23. The molecule has 1 heterocycles. The van der Waals surface area contributed by atoms with Gasteiger partial charge < -0.3 is 10.1 Å². The van der Waals surface area contributed by atoms with Gasteiger partial charge in [0.25, 0.3) is 0 Å². The van der Waals surface area contributed by atoms with E-state index in [0.717, 1.165) is 22.2 Å². The summed E-state index contributed by atoms with van der Waals surface area (Å²) in [6, 6.07) is 18.5. The molecule has 1 aromatic heterocycles. The van der Waals surface area contributed by atoms with Gasteiger partial charge in [-0.1, -0.05) is 48.5 Å². The monoisotopic (exact) mass is 349 g/mol. The van der Waals surface area contributed by atoms with Gasteiger partial charge in [0.1, 0.15) is 18.3 Å². The minimum absolute atomic E-state index is 0.278. The summed E-state index contributed by atoms with van der Waals surface area (Å²) < 4.78 is 5.30. The van der Waals surface area contributed by atoms with Crippen molar-refractivity contribution in [2.24, 2.45) is 0 Å². The molecular formula is C22H25N2O2+. The molecule has 0 unspecified atom stereocenters. The third kappa shape index (κ3) is 3.75. The third-order valence-corrected chi connectivity index (χ3v) is 4.70. The Morgan fingerprint density at radius 1 is 1.12 bits per heavy atom. The highest BCUT2D eigenvalue weighted by Gasteiger charge is 2.21. The molecule has 4 nitrogen and oxygen atoms in total. The van der Waals surface area contributed by atoms with Crippen LogP contribution >= 0.6 is 0 Å². The number of quaternary nitrogens is 1. The Hall–Kier alpha value is -2.72. The number of carbonyl (C=O) groups excluding carboxylic acids is 1. The van der Waals surface area contributed by atoms with Crippen molar-refractivity contribution in [3.8, 4) is 0 Å². The van der Waals surface area contributed by atoms with E-state index in [1.165, 1.54) is 5.56 Å². The number of carbonyl (C=O) groups is 1. The molecule has 0 saturated heterocycles. The average molecular weight is 349 g/mol. The van der Waals surface area contributed by atoms with E-state index in [9.17, 15) is 4.79 Å². The number of benzene rings is 2. The van der Waals surface area contributed by atoms with Crippen molar-refractivity contribution in [2.75, 3.05) is 6.61 Å². The second-order valence-electron chi connectivity index (χ2n) is 6.44. The van der Waals surface area contributed by atoms with Crippen molar-refractivity contribution >= 4 is 16.9 Å². The molecule has 134 valence electrons. The lowest BCUT2D eigenvalue weighted by Crippen LogP contribution is -2.83. The van der Waals surface area contributed by atoms with E-state index in [0.29, 0.717) is 18.7 Å². The number of nitrogens with zero attached hydrogens (tertiary/aromatic N) is 1. The third-order valence-electron chi connectivity index (χ3n) is 4.70. The van der Waals surface area contributed by atoms with E-state index in [4.69, 9.17) is 9.72 Å². The number of pyridine rings is 1. The number of aromatic nitrogens is 1. The van der Waals surface area contributed by atoms with E-state index < -0.39 is 0 Å². The van der Waals surface area contributed by atoms with Gasteiger partial charge in [-0.25, -0.2) is 9.78 Å². The summed E-state index contributed by atoms with van der Waals surface area (Å²) in [5.74, 6) is -0.293. The van der Waals surface area contributed by atoms with Crippen LogP contribution in [0.15, 0.2) is 54.6 Å². The SMILES string of the molecule is CCOC(=O)c1c(C[NH2+][C@@H](C)c2ccccc2)nc2ccccc2c1C. The number of esters is 1. The summed E-state index contributed by atoms with van der Waals surface area (Å²) in [4.78, 5) is 17.3. The van der Waals surface area contributed by atoms with Crippen LogP contribution in [0.3, 0.4) is 0 Å². The molecule has 3 rings (SSSR count). The molecule has 2 aromatic carbocycles. The number of para-hydroxylation sites is 1. The number of hydrogen-bond donors (Lipinski definition) is 1. The standard InChI is InChI=1S/C22H24N2O2/c1-4-26-22(25)21-15(2)18-12-8-9-13-19(18)24-20(21)14-23-16(3)17-10-6-5-7-11-17/h5-13,16,23H,4,14H2,1-3H3/p+1/t16-/m0/s1. The van der Waals surface area contributed by atoms with Gasteiger partial charge in [-0.05, 0) is 32.4 Å². The first kappa shape index (κ1) is 18.1. The second-order valence-corrected chi connectivity index (χ2v) is 6.44. The molecule has 0 amide bonds. The molecule has 1 atom stereocenters. The van der Waals surface area contributed by atoms with Crippen molar-refractivity contribution in [2.45, 2.75) is 33.4 Å². The Kier molecular flexibility index (Phi) is 5.64. The lowest BCUT2D eigenvalue weighted by atomic mass is 10.0. The largest absolute Gasteiger partial charge is 0.462 e. The molecule has 0 radical (unpaired) electrons. The molecule has 0 aliphatic heterocycles. The van der Waals surface area contributed by atoms with Crippen LogP contribution in [-0.4, -0.2) is 17.6 Å².